The number of nitrogens with one attached hydrogen (secondary N) is 2. The maximum atomic E-state index is 11.0. The summed E-state index contributed by atoms with van der Waals surface area (Å²) in [6.07, 6.45) is 0. The van der Waals surface area contributed by atoms with Crippen LogP contribution in [0.3, 0.4) is 0 Å². The summed E-state index contributed by atoms with van der Waals surface area (Å²) in [5, 5.41) is 5.89. The summed E-state index contributed by atoms with van der Waals surface area (Å²) in [6.45, 7) is 6.60. The highest BCUT2D eigenvalue weighted by Crippen LogP contribution is 2.20. The van der Waals surface area contributed by atoms with E-state index in [2.05, 4.69) is 62.9 Å². The van der Waals surface area contributed by atoms with Crippen LogP contribution in [-0.2, 0) is 11.3 Å². The molecular weight excluding hydrogens is 344 g/mol. The van der Waals surface area contributed by atoms with Gasteiger partial charge in [-0.1, -0.05) is 30.3 Å². The number of nitrogens with zero attached hydrogens (tertiary/aromatic N) is 2. The number of hydrogen-bond donors (Lipinski definition) is 2. The van der Waals surface area contributed by atoms with Crippen LogP contribution in [0.15, 0.2) is 54.6 Å². The van der Waals surface area contributed by atoms with Crippen LogP contribution in [0.1, 0.15) is 12.5 Å². The quantitative estimate of drug-likeness (QED) is 0.813. The number of anilines is 2. The van der Waals surface area contributed by atoms with Crippen LogP contribution in [0.4, 0.5) is 11.4 Å². The second-order valence-corrected chi connectivity index (χ2v) is 6.84. The minimum atomic E-state index is -0.174. The molecule has 0 unspecified atom stereocenters. The molecule has 0 spiro atoms. The highest BCUT2D eigenvalue weighted by Gasteiger charge is 2.17. The second-order valence-electron chi connectivity index (χ2n) is 6.43. The van der Waals surface area contributed by atoms with Gasteiger partial charge in [0.15, 0.2) is 5.11 Å². The fourth-order valence-corrected chi connectivity index (χ4v) is 3.35. The molecule has 6 heteroatoms. The summed E-state index contributed by atoms with van der Waals surface area (Å²) >= 11 is 5.08. The Morgan fingerprint density at radius 1 is 1.00 bits per heavy atom. The third-order valence-electron chi connectivity index (χ3n) is 4.40. The highest BCUT2D eigenvalue weighted by molar-refractivity contribution is 7.80. The van der Waals surface area contributed by atoms with Crippen molar-refractivity contribution in [3.8, 4) is 0 Å². The van der Waals surface area contributed by atoms with Gasteiger partial charge in [0.2, 0.25) is 5.91 Å². The van der Waals surface area contributed by atoms with Gasteiger partial charge in [0.1, 0.15) is 0 Å². The molecule has 136 valence electrons. The van der Waals surface area contributed by atoms with Crippen LogP contribution in [0.25, 0.3) is 0 Å². The molecule has 0 aromatic heterocycles. The minimum absolute atomic E-state index is 0.174. The van der Waals surface area contributed by atoms with Gasteiger partial charge < -0.3 is 15.5 Å². The van der Waals surface area contributed by atoms with Gasteiger partial charge in [-0.25, -0.2) is 0 Å². The van der Waals surface area contributed by atoms with Crippen LogP contribution in [0.5, 0.6) is 0 Å². The number of benzene rings is 2. The molecule has 2 N–H and O–H groups in total. The Balaban J connectivity index is 1.50. The number of hydrogen-bond acceptors (Lipinski definition) is 4. The Morgan fingerprint density at radius 2 is 1.65 bits per heavy atom. The van der Waals surface area contributed by atoms with Gasteiger partial charge in [0.25, 0.3) is 0 Å². The van der Waals surface area contributed by atoms with E-state index in [4.69, 9.17) is 12.2 Å². The van der Waals surface area contributed by atoms with Gasteiger partial charge in [-0.05, 0) is 42.0 Å². The monoisotopic (exact) mass is 368 g/mol. The molecule has 1 heterocycles. The van der Waals surface area contributed by atoms with Crippen molar-refractivity contribution in [3.63, 3.8) is 0 Å². The van der Waals surface area contributed by atoms with E-state index >= 15 is 0 Å². The van der Waals surface area contributed by atoms with E-state index in [1.54, 1.807) is 0 Å². The molecule has 5 nitrogen and oxygen atoms in total. The van der Waals surface area contributed by atoms with Gasteiger partial charge in [-0.15, -0.1) is 0 Å². The molecule has 26 heavy (non-hydrogen) atoms. The predicted molar refractivity (Wildman–Crippen MR) is 110 cm³/mol. The smallest absolute Gasteiger partial charge is 0.222 e. The zero-order chi connectivity index (χ0) is 18.4. The maximum Gasteiger partial charge on any atom is 0.222 e. The van der Waals surface area contributed by atoms with E-state index in [1.165, 1.54) is 18.2 Å². The summed E-state index contributed by atoms with van der Waals surface area (Å²) in [4.78, 5) is 15.9. The van der Waals surface area contributed by atoms with Crippen molar-refractivity contribution in [2.75, 3.05) is 36.4 Å². The maximum absolute atomic E-state index is 11.0. The Morgan fingerprint density at radius 3 is 2.27 bits per heavy atom. The van der Waals surface area contributed by atoms with E-state index in [0.29, 0.717) is 5.11 Å². The van der Waals surface area contributed by atoms with Gasteiger partial charge in [0, 0.05) is 51.0 Å². The van der Waals surface area contributed by atoms with Gasteiger partial charge >= 0.3 is 0 Å². The molecule has 2 aromatic carbocycles. The topological polar surface area (TPSA) is 47.6 Å². The average Bonchev–Trinajstić information content (AvgIpc) is 2.63. The lowest BCUT2D eigenvalue weighted by molar-refractivity contribution is -0.117. The average molecular weight is 369 g/mol. The zero-order valence-electron chi connectivity index (χ0n) is 14.9. The standard InChI is InChI=1S/C20H24N4OS/c1-16(25)21-20(26)22-18-7-9-19(10-8-18)24-13-11-23(12-14-24)15-17-5-3-2-4-6-17/h2-10H,11-15H2,1H3,(H2,21,22,25,26). The molecule has 0 atom stereocenters. The summed E-state index contributed by atoms with van der Waals surface area (Å²) in [5.41, 5.74) is 3.45. The fourth-order valence-electron chi connectivity index (χ4n) is 3.08. The van der Waals surface area contributed by atoms with Crippen molar-refractivity contribution in [1.82, 2.24) is 10.2 Å². The van der Waals surface area contributed by atoms with Gasteiger partial charge in [-0.2, -0.15) is 0 Å². The van der Waals surface area contributed by atoms with Crippen molar-refractivity contribution in [2.45, 2.75) is 13.5 Å². The summed E-state index contributed by atoms with van der Waals surface area (Å²) in [6, 6.07) is 18.8. The molecular formula is C20H24N4OS. The Labute approximate surface area is 160 Å². The first-order chi connectivity index (χ1) is 12.6. The first kappa shape index (κ1) is 18.4. The molecule has 1 aliphatic rings. The van der Waals surface area contributed by atoms with Crippen molar-refractivity contribution in [2.24, 2.45) is 0 Å². The molecule has 3 rings (SSSR count). The van der Waals surface area contributed by atoms with Crippen LogP contribution in [-0.4, -0.2) is 42.1 Å². The molecule has 0 bridgehead atoms. The van der Waals surface area contributed by atoms with Crippen molar-refractivity contribution in [1.29, 1.82) is 0 Å². The lowest BCUT2D eigenvalue weighted by atomic mass is 10.2. The summed E-state index contributed by atoms with van der Waals surface area (Å²) < 4.78 is 0. The van der Waals surface area contributed by atoms with Crippen LogP contribution >= 0.6 is 12.2 Å². The SMILES string of the molecule is CC(=O)NC(=S)Nc1ccc(N2CCN(Cc3ccccc3)CC2)cc1. The van der Waals surface area contributed by atoms with E-state index < -0.39 is 0 Å². The van der Waals surface area contributed by atoms with E-state index in [9.17, 15) is 4.79 Å². The number of thiocarbonyl (C=S) groups is 1. The Hall–Kier alpha value is -2.44. The van der Waals surface area contributed by atoms with E-state index in [-0.39, 0.29) is 5.91 Å². The molecule has 1 saturated heterocycles. The number of piperazine rings is 1. The molecule has 0 radical (unpaired) electrons. The molecule has 0 saturated carbocycles. The normalized spacial score (nSPS) is 14.7. The van der Waals surface area contributed by atoms with Crippen molar-refractivity contribution < 1.29 is 4.79 Å². The molecule has 1 fully saturated rings. The number of carbonyl (C=O) groups is 1. The van der Waals surface area contributed by atoms with Gasteiger partial charge in [-0.3, -0.25) is 9.69 Å². The van der Waals surface area contributed by atoms with Crippen LogP contribution < -0.4 is 15.5 Å². The molecule has 2 aromatic rings. The lowest BCUT2D eigenvalue weighted by Crippen LogP contribution is -2.45. The second kappa shape index (κ2) is 8.78. The number of amides is 1. The van der Waals surface area contributed by atoms with Crippen molar-refractivity contribution >= 4 is 34.6 Å². The molecule has 1 aliphatic heterocycles. The Kier molecular flexibility index (Phi) is 6.20. The zero-order valence-corrected chi connectivity index (χ0v) is 15.8. The third-order valence-corrected chi connectivity index (χ3v) is 4.61. The predicted octanol–water partition coefficient (Wildman–Crippen LogP) is 2.84. The Bertz CT molecular complexity index is 740. The van der Waals surface area contributed by atoms with E-state index in [1.807, 2.05) is 12.1 Å². The van der Waals surface area contributed by atoms with Crippen LogP contribution in [0.2, 0.25) is 0 Å². The van der Waals surface area contributed by atoms with Crippen LogP contribution in [0, 0.1) is 0 Å². The molecule has 1 amide bonds. The minimum Gasteiger partial charge on any atom is -0.369 e. The molecule has 0 aliphatic carbocycles. The largest absolute Gasteiger partial charge is 0.369 e. The number of carbonyl (C=O) groups excluding carboxylic acids is 1. The van der Waals surface area contributed by atoms with Crippen molar-refractivity contribution in [3.05, 3.63) is 60.2 Å². The summed E-state index contributed by atoms with van der Waals surface area (Å²) in [5.74, 6) is -0.174. The fraction of sp³-hybridized carbons (Fsp3) is 0.300. The van der Waals surface area contributed by atoms with E-state index in [0.717, 1.165) is 38.4 Å². The lowest BCUT2D eigenvalue weighted by Gasteiger charge is -2.36. The summed E-state index contributed by atoms with van der Waals surface area (Å²) in [7, 11) is 0. The number of rotatable bonds is 4. The highest BCUT2D eigenvalue weighted by atomic mass is 32.1. The first-order valence-corrected chi connectivity index (χ1v) is 9.21. The first-order valence-electron chi connectivity index (χ1n) is 8.80. The third kappa shape index (κ3) is 5.28. The van der Waals surface area contributed by atoms with Gasteiger partial charge in [0.05, 0.1) is 0 Å².